The number of nitrogens with zero attached hydrogens (tertiary/aromatic N) is 2. The summed E-state index contributed by atoms with van der Waals surface area (Å²) in [4.78, 5) is 14.6. The van der Waals surface area contributed by atoms with Gasteiger partial charge in [-0.25, -0.2) is 0 Å². The van der Waals surface area contributed by atoms with E-state index in [-0.39, 0.29) is 11.2 Å². The van der Waals surface area contributed by atoms with Crippen LogP contribution in [0.25, 0.3) is 10.8 Å². The molecule has 2 atom stereocenters. The van der Waals surface area contributed by atoms with E-state index >= 15 is 0 Å². The average molecular weight is 380 g/mol. The van der Waals surface area contributed by atoms with Crippen molar-refractivity contribution in [1.29, 1.82) is 0 Å². The number of hydrogen-bond acceptors (Lipinski definition) is 6. The molecular formula is C18H25N3O2S2. The SMILES string of the molecule is CC(C)CNC(=O)[C@H](C)Sc1nnc(-c2cc3c(s2)CC[C@H](C)C3)o1. The summed E-state index contributed by atoms with van der Waals surface area (Å²) in [5, 5.41) is 11.4. The molecule has 1 N–H and O–H groups in total. The quantitative estimate of drug-likeness (QED) is 0.763. The molecule has 1 aliphatic carbocycles. The van der Waals surface area contributed by atoms with E-state index in [0.717, 1.165) is 23.6 Å². The van der Waals surface area contributed by atoms with Crippen LogP contribution in [0.15, 0.2) is 15.7 Å². The van der Waals surface area contributed by atoms with E-state index in [0.29, 0.717) is 23.6 Å². The fourth-order valence-electron chi connectivity index (χ4n) is 2.82. The second-order valence-electron chi connectivity index (χ2n) is 7.18. The highest BCUT2D eigenvalue weighted by atomic mass is 32.2. The number of carbonyl (C=O) groups excluding carboxylic acids is 1. The number of aryl methyl sites for hydroxylation is 1. The molecule has 3 rings (SSSR count). The number of carbonyl (C=O) groups is 1. The first-order chi connectivity index (χ1) is 11.9. The lowest BCUT2D eigenvalue weighted by Crippen LogP contribution is -2.33. The van der Waals surface area contributed by atoms with Crippen molar-refractivity contribution in [2.24, 2.45) is 11.8 Å². The van der Waals surface area contributed by atoms with Gasteiger partial charge in [-0.15, -0.1) is 21.5 Å². The third-order valence-corrected chi connectivity index (χ3v) is 6.44. The zero-order chi connectivity index (χ0) is 18.0. The molecular weight excluding hydrogens is 354 g/mol. The number of rotatable bonds is 6. The van der Waals surface area contributed by atoms with Crippen LogP contribution < -0.4 is 5.32 Å². The van der Waals surface area contributed by atoms with Crippen LogP contribution in [-0.4, -0.2) is 27.9 Å². The molecule has 1 amide bonds. The smallest absolute Gasteiger partial charge is 0.277 e. The summed E-state index contributed by atoms with van der Waals surface area (Å²) >= 11 is 3.06. The van der Waals surface area contributed by atoms with Crippen LogP contribution >= 0.6 is 23.1 Å². The van der Waals surface area contributed by atoms with Gasteiger partial charge in [0.1, 0.15) is 0 Å². The van der Waals surface area contributed by atoms with E-state index in [1.807, 2.05) is 6.92 Å². The first-order valence-electron chi connectivity index (χ1n) is 8.82. The molecule has 0 aromatic carbocycles. The van der Waals surface area contributed by atoms with Gasteiger partial charge < -0.3 is 9.73 Å². The Bertz CT molecular complexity index is 739. The maximum Gasteiger partial charge on any atom is 0.277 e. The number of hydrogen-bond donors (Lipinski definition) is 1. The normalized spacial score (nSPS) is 18.2. The van der Waals surface area contributed by atoms with Crippen molar-refractivity contribution >= 4 is 29.0 Å². The molecule has 0 fully saturated rings. The van der Waals surface area contributed by atoms with Gasteiger partial charge in [-0.1, -0.05) is 32.5 Å². The predicted octanol–water partition coefficient (Wildman–Crippen LogP) is 4.18. The van der Waals surface area contributed by atoms with Crippen molar-refractivity contribution < 1.29 is 9.21 Å². The first-order valence-corrected chi connectivity index (χ1v) is 10.5. The second kappa shape index (κ2) is 7.91. The highest BCUT2D eigenvalue weighted by molar-refractivity contribution is 8.00. The van der Waals surface area contributed by atoms with Crippen molar-refractivity contribution in [2.75, 3.05) is 6.54 Å². The molecule has 0 aliphatic heterocycles. The Hall–Kier alpha value is -1.34. The molecule has 0 bridgehead atoms. The Labute approximate surface area is 157 Å². The zero-order valence-corrected chi connectivity index (χ0v) is 16.8. The molecule has 2 aromatic rings. The molecule has 1 aliphatic rings. The van der Waals surface area contributed by atoms with Crippen LogP contribution in [0.3, 0.4) is 0 Å². The van der Waals surface area contributed by atoms with E-state index in [2.05, 4.69) is 42.4 Å². The minimum absolute atomic E-state index is 0.000902. The van der Waals surface area contributed by atoms with Crippen molar-refractivity contribution in [2.45, 2.75) is 57.4 Å². The van der Waals surface area contributed by atoms with Crippen LogP contribution in [0.2, 0.25) is 0 Å². The highest BCUT2D eigenvalue weighted by Crippen LogP contribution is 2.37. The molecule has 25 heavy (non-hydrogen) atoms. The van der Waals surface area contributed by atoms with E-state index in [9.17, 15) is 4.79 Å². The third-order valence-electron chi connectivity index (χ3n) is 4.28. The highest BCUT2D eigenvalue weighted by Gasteiger charge is 2.22. The molecule has 7 heteroatoms. The Morgan fingerprint density at radius 2 is 2.24 bits per heavy atom. The molecule has 0 spiro atoms. The summed E-state index contributed by atoms with van der Waals surface area (Å²) in [7, 11) is 0. The molecule has 0 saturated heterocycles. The molecule has 2 heterocycles. The minimum Gasteiger partial charge on any atom is -0.410 e. The lowest BCUT2D eigenvalue weighted by Gasteiger charge is -2.16. The molecule has 5 nitrogen and oxygen atoms in total. The number of fused-ring (bicyclic) bond motifs is 1. The summed E-state index contributed by atoms with van der Waals surface area (Å²) in [6.45, 7) is 8.98. The summed E-state index contributed by atoms with van der Waals surface area (Å²) in [5.41, 5.74) is 1.42. The Morgan fingerprint density at radius 1 is 1.44 bits per heavy atom. The lowest BCUT2D eigenvalue weighted by atomic mass is 9.90. The number of thioether (sulfide) groups is 1. The van der Waals surface area contributed by atoms with Crippen LogP contribution in [0.1, 0.15) is 44.6 Å². The first kappa shape index (κ1) is 18.5. The van der Waals surface area contributed by atoms with Gasteiger partial charge >= 0.3 is 0 Å². The fourth-order valence-corrected chi connectivity index (χ4v) is 4.66. The number of nitrogens with one attached hydrogen (secondary N) is 1. The van der Waals surface area contributed by atoms with Gasteiger partial charge in [-0.05, 0) is 49.7 Å². The Morgan fingerprint density at radius 3 is 3.00 bits per heavy atom. The van der Waals surface area contributed by atoms with Gasteiger partial charge in [-0.3, -0.25) is 4.79 Å². The van der Waals surface area contributed by atoms with Gasteiger partial charge in [0.25, 0.3) is 11.1 Å². The predicted molar refractivity (Wildman–Crippen MR) is 102 cm³/mol. The van der Waals surface area contributed by atoms with Crippen molar-refractivity contribution in [3.63, 3.8) is 0 Å². The fraction of sp³-hybridized carbons (Fsp3) is 0.611. The summed E-state index contributed by atoms with van der Waals surface area (Å²) in [6, 6.07) is 2.19. The van der Waals surface area contributed by atoms with E-state index < -0.39 is 0 Å². The minimum atomic E-state index is -0.260. The van der Waals surface area contributed by atoms with Crippen LogP contribution in [0.4, 0.5) is 0 Å². The lowest BCUT2D eigenvalue weighted by molar-refractivity contribution is -0.120. The van der Waals surface area contributed by atoms with Gasteiger partial charge in [0.15, 0.2) is 0 Å². The van der Waals surface area contributed by atoms with Crippen molar-refractivity contribution in [3.05, 3.63) is 16.5 Å². The van der Waals surface area contributed by atoms with Crippen LogP contribution in [-0.2, 0) is 17.6 Å². The van der Waals surface area contributed by atoms with Crippen LogP contribution in [0, 0.1) is 11.8 Å². The standard InChI is InChI=1S/C18H25N3O2S2/c1-10(2)9-19-16(22)12(4)24-18-21-20-17(23-18)15-8-13-7-11(3)5-6-14(13)25-15/h8,10-12H,5-7,9H2,1-4H3,(H,19,22)/t11-,12-/m0/s1. The van der Waals surface area contributed by atoms with Crippen molar-refractivity contribution in [3.8, 4) is 10.8 Å². The maximum absolute atomic E-state index is 12.1. The number of amides is 1. The summed E-state index contributed by atoms with van der Waals surface area (Å²) < 4.78 is 5.79. The van der Waals surface area contributed by atoms with Crippen molar-refractivity contribution in [1.82, 2.24) is 15.5 Å². The second-order valence-corrected chi connectivity index (χ2v) is 9.61. The Kier molecular flexibility index (Phi) is 5.84. The number of thiophene rings is 1. The molecule has 2 aromatic heterocycles. The largest absolute Gasteiger partial charge is 0.410 e. The monoisotopic (exact) mass is 379 g/mol. The Balaban J connectivity index is 1.64. The number of aromatic nitrogens is 2. The molecule has 0 unspecified atom stereocenters. The van der Waals surface area contributed by atoms with Gasteiger partial charge in [-0.2, -0.15) is 0 Å². The van der Waals surface area contributed by atoms with E-state index in [1.54, 1.807) is 11.3 Å². The zero-order valence-electron chi connectivity index (χ0n) is 15.2. The molecule has 0 saturated carbocycles. The summed E-state index contributed by atoms with van der Waals surface area (Å²) in [5.74, 6) is 1.74. The third kappa shape index (κ3) is 4.64. The maximum atomic E-state index is 12.1. The van der Waals surface area contributed by atoms with Gasteiger partial charge in [0, 0.05) is 11.4 Å². The van der Waals surface area contributed by atoms with E-state index in [4.69, 9.17) is 4.42 Å². The van der Waals surface area contributed by atoms with Gasteiger partial charge in [0.05, 0.1) is 10.1 Å². The van der Waals surface area contributed by atoms with Gasteiger partial charge in [0.2, 0.25) is 5.91 Å². The average Bonchev–Trinajstić information content (AvgIpc) is 3.18. The van der Waals surface area contributed by atoms with Crippen LogP contribution in [0.5, 0.6) is 0 Å². The topological polar surface area (TPSA) is 68.0 Å². The van der Waals surface area contributed by atoms with E-state index in [1.165, 1.54) is 28.6 Å². The molecule has 0 radical (unpaired) electrons. The summed E-state index contributed by atoms with van der Waals surface area (Å²) in [6.07, 6.45) is 3.53. The molecule has 136 valence electrons.